The van der Waals surface area contributed by atoms with E-state index in [0.717, 1.165) is 24.6 Å². The van der Waals surface area contributed by atoms with E-state index in [0.29, 0.717) is 23.0 Å². The van der Waals surface area contributed by atoms with Gasteiger partial charge in [0.1, 0.15) is 17.1 Å². The van der Waals surface area contributed by atoms with Gasteiger partial charge < -0.3 is 15.4 Å². The van der Waals surface area contributed by atoms with Crippen LogP contribution in [0.15, 0.2) is 54.7 Å². The van der Waals surface area contributed by atoms with Gasteiger partial charge in [-0.2, -0.15) is 18.2 Å². The minimum absolute atomic E-state index is 0.0443. The maximum atomic E-state index is 13.6. The van der Waals surface area contributed by atoms with Gasteiger partial charge in [0.2, 0.25) is 5.95 Å². The Morgan fingerprint density at radius 2 is 1.70 bits per heavy atom. The molecule has 8 heteroatoms. The highest BCUT2D eigenvalue weighted by atomic mass is 19.4. The molecule has 1 aliphatic carbocycles. The van der Waals surface area contributed by atoms with Gasteiger partial charge in [0.25, 0.3) is 0 Å². The van der Waals surface area contributed by atoms with Gasteiger partial charge in [-0.25, -0.2) is 4.98 Å². The van der Waals surface area contributed by atoms with E-state index in [9.17, 15) is 13.2 Å². The lowest BCUT2D eigenvalue weighted by atomic mass is 9.97. The van der Waals surface area contributed by atoms with Crippen LogP contribution in [0.4, 0.5) is 36.3 Å². The topological polar surface area (TPSA) is 59.1 Å². The molecule has 174 valence electrons. The Morgan fingerprint density at radius 1 is 0.970 bits per heavy atom. The van der Waals surface area contributed by atoms with Gasteiger partial charge in [-0.05, 0) is 74.6 Å². The van der Waals surface area contributed by atoms with Gasteiger partial charge in [0, 0.05) is 17.6 Å². The fourth-order valence-electron chi connectivity index (χ4n) is 4.03. The van der Waals surface area contributed by atoms with Crippen molar-refractivity contribution in [3.05, 3.63) is 65.9 Å². The fraction of sp³-hybridized carbons (Fsp3) is 0.360. The maximum absolute atomic E-state index is 13.6. The molecule has 33 heavy (non-hydrogen) atoms. The normalized spacial score (nSPS) is 14.5. The SMILES string of the molecule is CC(C)Oc1ccc(Nc2ncc(C(F)(F)F)c(Nc3cccc(C4CCCC4)c3)n2)cc1. The summed E-state index contributed by atoms with van der Waals surface area (Å²) in [6, 6.07) is 14.6. The summed E-state index contributed by atoms with van der Waals surface area (Å²) in [6.07, 6.45) is 0.856. The first kappa shape index (κ1) is 22.9. The molecule has 3 aromatic rings. The van der Waals surface area contributed by atoms with Gasteiger partial charge in [0.05, 0.1) is 6.10 Å². The number of alkyl halides is 3. The molecule has 0 amide bonds. The smallest absolute Gasteiger partial charge is 0.421 e. The molecule has 1 aromatic heterocycles. The summed E-state index contributed by atoms with van der Waals surface area (Å²) in [5, 5.41) is 5.83. The minimum Gasteiger partial charge on any atom is -0.491 e. The average molecular weight is 457 g/mol. The number of nitrogens with zero attached hydrogens (tertiary/aromatic N) is 2. The lowest BCUT2D eigenvalue weighted by Gasteiger charge is -2.16. The first-order chi connectivity index (χ1) is 15.8. The molecule has 0 radical (unpaired) electrons. The summed E-state index contributed by atoms with van der Waals surface area (Å²) in [7, 11) is 0. The Hall–Kier alpha value is -3.29. The van der Waals surface area contributed by atoms with Crippen molar-refractivity contribution in [3.63, 3.8) is 0 Å². The molecule has 1 saturated carbocycles. The average Bonchev–Trinajstić information content (AvgIpc) is 3.29. The second kappa shape index (κ2) is 9.68. The number of rotatable bonds is 7. The molecule has 0 bridgehead atoms. The van der Waals surface area contributed by atoms with Crippen LogP contribution in [-0.4, -0.2) is 16.1 Å². The van der Waals surface area contributed by atoms with Crippen molar-refractivity contribution in [1.82, 2.24) is 9.97 Å². The lowest BCUT2D eigenvalue weighted by Crippen LogP contribution is -2.12. The van der Waals surface area contributed by atoms with Gasteiger partial charge in [-0.1, -0.05) is 25.0 Å². The Morgan fingerprint density at radius 3 is 2.36 bits per heavy atom. The summed E-state index contributed by atoms with van der Waals surface area (Å²) in [5.41, 5.74) is 1.44. The molecule has 0 unspecified atom stereocenters. The zero-order valence-corrected chi connectivity index (χ0v) is 18.6. The number of hydrogen-bond donors (Lipinski definition) is 2. The van der Waals surface area contributed by atoms with Crippen LogP contribution >= 0.6 is 0 Å². The van der Waals surface area contributed by atoms with Crippen LogP contribution in [0.5, 0.6) is 5.75 Å². The molecular formula is C25H27F3N4O. The minimum atomic E-state index is -4.58. The Bertz CT molecular complexity index is 1080. The van der Waals surface area contributed by atoms with Crippen LogP contribution in [0.2, 0.25) is 0 Å². The highest BCUT2D eigenvalue weighted by molar-refractivity contribution is 5.63. The van der Waals surface area contributed by atoms with E-state index < -0.39 is 11.7 Å². The second-order valence-corrected chi connectivity index (χ2v) is 8.50. The number of aromatic nitrogens is 2. The standard InChI is InChI=1S/C25H27F3N4O/c1-16(2)33-21-12-10-19(11-13-21)31-24-29-15-22(25(26,27)28)23(32-24)30-20-9-5-8-18(14-20)17-6-3-4-7-17/h5,8-17H,3-4,6-7H2,1-2H3,(H2,29,30,31,32). The molecule has 1 heterocycles. The number of benzene rings is 2. The number of hydrogen-bond acceptors (Lipinski definition) is 5. The van der Waals surface area contributed by atoms with Crippen LogP contribution in [0.25, 0.3) is 0 Å². The van der Waals surface area contributed by atoms with E-state index in [1.807, 2.05) is 32.0 Å². The maximum Gasteiger partial charge on any atom is 0.421 e. The van der Waals surface area contributed by atoms with E-state index >= 15 is 0 Å². The molecule has 2 aromatic carbocycles. The molecular weight excluding hydrogens is 429 g/mol. The molecule has 5 nitrogen and oxygen atoms in total. The van der Waals surface area contributed by atoms with E-state index in [1.165, 1.54) is 12.8 Å². The Balaban J connectivity index is 1.57. The summed E-state index contributed by atoms with van der Waals surface area (Å²) in [4.78, 5) is 8.02. The van der Waals surface area contributed by atoms with Gasteiger partial charge in [-0.3, -0.25) is 0 Å². The number of halogens is 3. The zero-order valence-electron chi connectivity index (χ0n) is 18.6. The van der Waals surface area contributed by atoms with E-state index in [-0.39, 0.29) is 17.9 Å². The summed E-state index contributed by atoms with van der Waals surface area (Å²) in [6.45, 7) is 3.86. The van der Waals surface area contributed by atoms with Crippen LogP contribution in [0.1, 0.15) is 56.6 Å². The van der Waals surface area contributed by atoms with Gasteiger partial charge >= 0.3 is 6.18 Å². The predicted molar refractivity (Wildman–Crippen MR) is 123 cm³/mol. The monoisotopic (exact) mass is 456 g/mol. The van der Waals surface area contributed by atoms with Crippen molar-refractivity contribution < 1.29 is 17.9 Å². The van der Waals surface area contributed by atoms with E-state index in [1.54, 1.807) is 30.3 Å². The third kappa shape index (κ3) is 5.94. The Labute approximate surface area is 191 Å². The van der Waals surface area contributed by atoms with Crippen molar-refractivity contribution in [2.45, 2.75) is 57.7 Å². The number of anilines is 4. The fourth-order valence-corrected chi connectivity index (χ4v) is 4.03. The first-order valence-electron chi connectivity index (χ1n) is 11.1. The molecule has 0 saturated heterocycles. The van der Waals surface area contributed by atoms with Crippen molar-refractivity contribution in [2.24, 2.45) is 0 Å². The lowest BCUT2D eigenvalue weighted by molar-refractivity contribution is -0.137. The van der Waals surface area contributed by atoms with Crippen LogP contribution in [0, 0.1) is 0 Å². The van der Waals surface area contributed by atoms with Gasteiger partial charge in [-0.15, -0.1) is 0 Å². The highest BCUT2D eigenvalue weighted by Gasteiger charge is 2.35. The third-order valence-corrected chi connectivity index (χ3v) is 5.55. The number of nitrogens with one attached hydrogen (secondary N) is 2. The highest BCUT2D eigenvalue weighted by Crippen LogP contribution is 2.37. The third-order valence-electron chi connectivity index (χ3n) is 5.55. The van der Waals surface area contributed by atoms with E-state index in [2.05, 4.69) is 20.6 Å². The zero-order chi connectivity index (χ0) is 23.4. The molecule has 0 atom stereocenters. The molecule has 4 rings (SSSR count). The van der Waals surface area contributed by atoms with Crippen molar-refractivity contribution in [1.29, 1.82) is 0 Å². The van der Waals surface area contributed by atoms with Crippen molar-refractivity contribution in [3.8, 4) is 5.75 Å². The summed E-state index contributed by atoms with van der Waals surface area (Å²) >= 11 is 0. The molecule has 1 fully saturated rings. The first-order valence-corrected chi connectivity index (χ1v) is 11.1. The largest absolute Gasteiger partial charge is 0.491 e. The predicted octanol–water partition coefficient (Wildman–Crippen LogP) is 7.43. The molecule has 0 aliphatic heterocycles. The van der Waals surface area contributed by atoms with Gasteiger partial charge in [0.15, 0.2) is 0 Å². The quantitative estimate of drug-likeness (QED) is 0.387. The molecule has 2 N–H and O–H groups in total. The summed E-state index contributed by atoms with van der Waals surface area (Å²) in [5.74, 6) is 0.936. The molecule has 1 aliphatic rings. The molecule has 0 spiro atoms. The van der Waals surface area contributed by atoms with Crippen molar-refractivity contribution >= 4 is 23.1 Å². The summed E-state index contributed by atoms with van der Waals surface area (Å²) < 4.78 is 46.5. The Kier molecular flexibility index (Phi) is 6.72. The van der Waals surface area contributed by atoms with Crippen LogP contribution < -0.4 is 15.4 Å². The van der Waals surface area contributed by atoms with Crippen LogP contribution in [0.3, 0.4) is 0 Å². The van der Waals surface area contributed by atoms with Crippen LogP contribution in [-0.2, 0) is 6.18 Å². The van der Waals surface area contributed by atoms with E-state index in [4.69, 9.17) is 4.74 Å². The van der Waals surface area contributed by atoms with Crippen molar-refractivity contribution in [2.75, 3.05) is 10.6 Å². The number of ether oxygens (including phenoxy) is 1. The second-order valence-electron chi connectivity index (χ2n) is 8.50.